The van der Waals surface area contributed by atoms with Crippen molar-refractivity contribution in [2.24, 2.45) is 0 Å². The molecule has 0 unspecified atom stereocenters. The summed E-state index contributed by atoms with van der Waals surface area (Å²) in [5.74, 6) is 0.380. The van der Waals surface area contributed by atoms with Gasteiger partial charge in [-0.05, 0) is 18.2 Å². The van der Waals surface area contributed by atoms with E-state index < -0.39 is 0 Å². The number of hydrogen-bond donors (Lipinski definition) is 2. The van der Waals surface area contributed by atoms with Gasteiger partial charge < -0.3 is 10.7 Å². The Bertz CT molecular complexity index is 735. The van der Waals surface area contributed by atoms with E-state index in [2.05, 4.69) is 21.0 Å². The topological polar surface area (TPSA) is 91.4 Å². The first-order chi connectivity index (χ1) is 7.76. The Kier molecular flexibility index (Phi) is 1.59. The van der Waals surface area contributed by atoms with Crippen LogP contribution in [0.2, 0.25) is 0 Å². The molecule has 0 spiro atoms. The van der Waals surface area contributed by atoms with E-state index in [1.54, 1.807) is 12.3 Å². The zero-order valence-corrected chi connectivity index (χ0v) is 8.23. The van der Waals surface area contributed by atoms with Gasteiger partial charge in [0.05, 0.1) is 22.1 Å². The molecule has 16 heavy (non-hydrogen) atoms. The number of nitrogens with zero attached hydrogens (tertiary/aromatic N) is 3. The lowest BCUT2D eigenvalue weighted by molar-refractivity contribution is 1.35. The fraction of sp³-hybridized carbons (Fsp3) is 0. The van der Waals surface area contributed by atoms with Crippen molar-refractivity contribution < 1.29 is 0 Å². The highest BCUT2D eigenvalue weighted by molar-refractivity contribution is 5.94. The van der Waals surface area contributed by atoms with Crippen molar-refractivity contribution in [2.75, 3.05) is 5.73 Å². The Balaban J connectivity index is 2.42. The van der Waals surface area contributed by atoms with Gasteiger partial charge in [-0.2, -0.15) is 5.26 Å². The normalized spacial score (nSPS) is 10.7. The summed E-state index contributed by atoms with van der Waals surface area (Å²) in [6.45, 7) is 0. The second kappa shape index (κ2) is 2.94. The minimum Gasteiger partial charge on any atom is -0.369 e. The maximum atomic E-state index is 8.78. The fourth-order valence-electron chi connectivity index (χ4n) is 1.71. The molecule has 0 aliphatic carbocycles. The van der Waals surface area contributed by atoms with Gasteiger partial charge >= 0.3 is 0 Å². The first kappa shape index (κ1) is 8.68. The van der Waals surface area contributed by atoms with Crippen LogP contribution in [0.15, 0.2) is 24.4 Å². The van der Waals surface area contributed by atoms with Gasteiger partial charge in [0, 0.05) is 11.6 Å². The molecule has 3 aromatic rings. The summed E-state index contributed by atoms with van der Waals surface area (Å²) in [5, 5.41) is 9.68. The van der Waals surface area contributed by atoms with Crippen LogP contribution in [0, 0.1) is 11.3 Å². The molecule has 0 amide bonds. The van der Waals surface area contributed by atoms with Crippen molar-refractivity contribution in [3.05, 3.63) is 30.0 Å². The molecule has 0 aliphatic rings. The molecule has 0 bridgehead atoms. The lowest BCUT2D eigenvalue weighted by Gasteiger charge is -1.97. The van der Waals surface area contributed by atoms with Crippen LogP contribution in [0.25, 0.3) is 21.9 Å². The molecule has 5 nitrogen and oxygen atoms in total. The summed E-state index contributed by atoms with van der Waals surface area (Å²) in [5.41, 5.74) is 8.54. The SMILES string of the molecule is N#Cc1cnc2cc3nc(N)[nH]c3cc2c1. The molecule has 3 rings (SSSR count). The molecule has 2 heterocycles. The number of anilines is 1. The molecule has 0 saturated heterocycles. The number of hydrogen-bond acceptors (Lipinski definition) is 4. The monoisotopic (exact) mass is 209 g/mol. The molecule has 0 fully saturated rings. The van der Waals surface area contributed by atoms with Crippen LogP contribution in [0.5, 0.6) is 0 Å². The van der Waals surface area contributed by atoms with E-state index >= 15 is 0 Å². The molecule has 0 saturated carbocycles. The summed E-state index contributed by atoms with van der Waals surface area (Å²) in [6, 6.07) is 7.59. The van der Waals surface area contributed by atoms with Crippen LogP contribution in [0.1, 0.15) is 5.56 Å². The van der Waals surface area contributed by atoms with Crippen molar-refractivity contribution >= 4 is 27.9 Å². The number of imidazole rings is 1. The van der Waals surface area contributed by atoms with Gasteiger partial charge in [0.2, 0.25) is 0 Å². The number of fused-ring (bicyclic) bond motifs is 2. The van der Waals surface area contributed by atoms with E-state index in [0.717, 1.165) is 21.9 Å². The third-order valence-corrected chi connectivity index (χ3v) is 2.43. The molecule has 0 aliphatic heterocycles. The van der Waals surface area contributed by atoms with Gasteiger partial charge in [0.25, 0.3) is 0 Å². The van der Waals surface area contributed by atoms with Crippen molar-refractivity contribution in [1.82, 2.24) is 15.0 Å². The van der Waals surface area contributed by atoms with Crippen LogP contribution >= 0.6 is 0 Å². The maximum Gasteiger partial charge on any atom is 0.198 e. The highest BCUT2D eigenvalue weighted by atomic mass is 15.0. The number of H-pyrrole nitrogens is 1. The van der Waals surface area contributed by atoms with Gasteiger partial charge in [-0.25, -0.2) is 4.98 Å². The second-order valence-electron chi connectivity index (χ2n) is 3.52. The summed E-state index contributed by atoms with van der Waals surface area (Å²) < 4.78 is 0. The van der Waals surface area contributed by atoms with Crippen LogP contribution in [-0.2, 0) is 0 Å². The molecule has 5 heteroatoms. The molecule has 3 N–H and O–H groups in total. The molecule has 1 aromatic carbocycles. The van der Waals surface area contributed by atoms with Gasteiger partial charge in [0.15, 0.2) is 5.95 Å². The number of aromatic nitrogens is 3. The molecule has 76 valence electrons. The Morgan fingerprint density at radius 1 is 1.25 bits per heavy atom. The number of benzene rings is 1. The molecule has 2 aromatic heterocycles. The Morgan fingerprint density at radius 2 is 2.12 bits per heavy atom. The van der Waals surface area contributed by atoms with E-state index in [1.807, 2.05) is 12.1 Å². The third kappa shape index (κ3) is 1.17. The minimum atomic E-state index is 0.380. The second-order valence-corrected chi connectivity index (χ2v) is 3.52. The largest absolute Gasteiger partial charge is 0.369 e. The average Bonchev–Trinajstić information content (AvgIpc) is 2.64. The smallest absolute Gasteiger partial charge is 0.198 e. The Labute approximate surface area is 90.5 Å². The summed E-state index contributed by atoms with van der Waals surface area (Å²) >= 11 is 0. The predicted octanol–water partition coefficient (Wildman–Crippen LogP) is 1.56. The highest BCUT2D eigenvalue weighted by Gasteiger charge is 2.04. The quantitative estimate of drug-likeness (QED) is 0.587. The van der Waals surface area contributed by atoms with Crippen LogP contribution in [0.4, 0.5) is 5.95 Å². The molecule has 0 atom stereocenters. The lowest BCUT2D eigenvalue weighted by atomic mass is 10.1. The van der Waals surface area contributed by atoms with E-state index in [1.165, 1.54) is 0 Å². The fourth-order valence-corrected chi connectivity index (χ4v) is 1.71. The number of nitrogens with two attached hydrogens (primary N) is 1. The third-order valence-electron chi connectivity index (χ3n) is 2.43. The van der Waals surface area contributed by atoms with Crippen molar-refractivity contribution in [2.45, 2.75) is 0 Å². The Hall–Kier alpha value is -2.61. The van der Waals surface area contributed by atoms with E-state index in [4.69, 9.17) is 11.0 Å². The van der Waals surface area contributed by atoms with Gasteiger partial charge in [-0.15, -0.1) is 0 Å². The van der Waals surface area contributed by atoms with Crippen LogP contribution in [-0.4, -0.2) is 15.0 Å². The van der Waals surface area contributed by atoms with Crippen LogP contribution in [0.3, 0.4) is 0 Å². The number of aromatic amines is 1. The number of nitrogen functional groups attached to an aromatic ring is 1. The van der Waals surface area contributed by atoms with E-state index in [0.29, 0.717) is 11.5 Å². The first-order valence-electron chi connectivity index (χ1n) is 4.71. The minimum absolute atomic E-state index is 0.380. The first-order valence-corrected chi connectivity index (χ1v) is 4.71. The van der Waals surface area contributed by atoms with Gasteiger partial charge in [-0.1, -0.05) is 0 Å². The number of pyridine rings is 1. The molecular weight excluding hydrogens is 202 g/mol. The van der Waals surface area contributed by atoms with E-state index in [-0.39, 0.29) is 0 Å². The van der Waals surface area contributed by atoms with Crippen molar-refractivity contribution in [1.29, 1.82) is 5.26 Å². The predicted molar refractivity (Wildman–Crippen MR) is 60.5 cm³/mol. The average molecular weight is 209 g/mol. The highest BCUT2D eigenvalue weighted by Crippen LogP contribution is 2.20. The van der Waals surface area contributed by atoms with Crippen molar-refractivity contribution in [3.8, 4) is 6.07 Å². The maximum absolute atomic E-state index is 8.78. The standard InChI is InChI=1S/C11H7N5/c12-4-6-1-7-2-9-10(16-11(13)15-9)3-8(7)14-5-6/h1-3,5H,(H3,13,15,16). The zero-order valence-electron chi connectivity index (χ0n) is 8.23. The summed E-state index contributed by atoms with van der Waals surface area (Å²) in [7, 11) is 0. The number of rotatable bonds is 0. The van der Waals surface area contributed by atoms with Gasteiger partial charge in [0.1, 0.15) is 6.07 Å². The van der Waals surface area contributed by atoms with Crippen LogP contribution < -0.4 is 5.73 Å². The number of nitriles is 1. The van der Waals surface area contributed by atoms with Crippen molar-refractivity contribution in [3.63, 3.8) is 0 Å². The zero-order chi connectivity index (χ0) is 11.1. The summed E-state index contributed by atoms with van der Waals surface area (Å²) in [4.78, 5) is 11.3. The van der Waals surface area contributed by atoms with Gasteiger partial charge in [-0.3, -0.25) is 4.98 Å². The molecular formula is C11H7N5. The lowest BCUT2D eigenvalue weighted by Crippen LogP contribution is -1.84. The van der Waals surface area contributed by atoms with E-state index in [9.17, 15) is 0 Å². The number of nitrogens with one attached hydrogen (secondary N) is 1. The Morgan fingerprint density at radius 3 is 2.94 bits per heavy atom. The summed E-state index contributed by atoms with van der Waals surface area (Å²) in [6.07, 6.45) is 1.55. The molecule has 0 radical (unpaired) electrons.